The molecule has 19 heteroatoms. The van der Waals surface area contributed by atoms with Gasteiger partial charge >= 0.3 is 5.97 Å². The van der Waals surface area contributed by atoms with E-state index in [0.717, 1.165) is 101 Å². The molecule has 0 unspecified atom stereocenters. The number of fused-ring (bicyclic) bond motifs is 6. The van der Waals surface area contributed by atoms with E-state index >= 15 is 4.79 Å². The van der Waals surface area contributed by atoms with E-state index in [2.05, 4.69) is 92.3 Å². The smallest absolute Gasteiger partial charge is 0.324 e. The molecule has 7 aliphatic rings. The first-order chi connectivity index (χ1) is 38.4. The van der Waals surface area contributed by atoms with Crippen LogP contribution >= 0.6 is 11.3 Å². The molecule has 18 nitrogen and oxygen atoms in total. The van der Waals surface area contributed by atoms with Crippen LogP contribution in [0, 0.1) is 17.3 Å². The van der Waals surface area contributed by atoms with E-state index in [9.17, 15) is 9.59 Å². The summed E-state index contributed by atoms with van der Waals surface area (Å²) in [6.07, 6.45) is 9.51. The van der Waals surface area contributed by atoms with E-state index in [1.165, 1.54) is 29.2 Å². The molecular weight excluding hydrogens is 1020 g/mol. The van der Waals surface area contributed by atoms with E-state index in [4.69, 9.17) is 33.7 Å². The number of hydrazine groups is 1. The average molecular weight is 1100 g/mol. The highest BCUT2D eigenvalue weighted by molar-refractivity contribution is 7.10. The van der Waals surface area contributed by atoms with Crippen LogP contribution in [0.1, 0.15) is 106 Å². The minimum atomic E-state index is -1.05. The molecule has 2 amide bonds. The van der Waals surface area contributed by atoms with E-state index in [1.807, 2.05) is 24.4 Å². The Labute approximate surface area is 467 Å². The Morgan fingerprint density at radius 3 is 2.49 bits per heavy atom. The highest BCUT2D eigenvalue weighted by atomic mass is 32.1. The summed E-state index contributed by atoms with van der Waals surface area (Å²) in [5.74, 6) is -1.36. The minimum Gasteiger partial charge on any atom is -0.464 e. The monoisotopic (exact) mass is 1100 g/mol. The normalized spacial score (nSPS) is 26.9. The third-order valence-corrected chi connectivity index (χ3v) is 18.7. The quantitative estimate of drug-likeness (QED) is 0.116. The van der Waals surface area contributed by atoms with Gasteiger partial charge in [-0.1, -0.05) is 32.9 Å². The van der Waals surface area contributed by atoms with Gasteiger partial charge in [0, 0.05) is 135 Å². The maximum atomic E-state index is 15.4. The van der Waals surface area contributed by atoms with Crippen LogP contribution in [0.2, 0.25) is 0 Å². The second-order valence-electron chi connectivity index (χ2n) is 23.7. The summed E-state index contributed by atoms with van der Waals surface area (Å²) in [5, 5.41) is 8.71. The molecule has 4 saturated heterocycles. The number of pyridine rings is 2. The second kappa shape index (κ2) is 23.2. The largest absolute Gasteiger partial charge is 0.464 e. The molecule has 2 aliphatic carbocycles. The lowest BCUT2D eigenvalue weighted by Gasteiger charge is -2.41. The number of esters is 1. The molecule has 2 saturated carbocycles. The van der Waals surface area contributed by atoms with Crippen molar-refractivity contribution in [2.24, 2.45) is 17.3 Å². The number of aromatic nitrogens is 4. The summed E-state index contributed by atoms with van der Waals surface area (Å²) in [5.41, 5.74) is 11.5. The van der Waals surface area contributed by atoms with Crippen molar-refractivity contribution >= 4 is 45.7 Å². The zero-order chi connectivity index (χ0) is 54.4. The van der Waals surface area contributed by atoms with Gasteiger partial charge in [-0.2, -0.15) is 0 Å². The maximum Gasteiger partial charge on any atom is 0.324 e. The van der Waals surface area contributed by atoms with E-state index in [0.29, 0.717) is 83.5 Å². The number of thiazole rings is 1. The fourth-order valence-corrected chi connectivity index (χ4v) is 14.0. The van der Waals surface area contributed by atoms with Gasteiger partial charge in [-0.3, -0.25) is 39.2 Å². The molecule has 1 aromatic carbocycles. The first kappa shape index (κ1) is 54.2. The molecule has 7 atom stereocenters. The van der Waals surface area contributed by atoms with Gasteiger partial charge in [0.25, 0.3) is 5.91 Å². The highest BCUT2D eigenvalue weighted by Crippen LogP contribution is 2.53. The molecule has 0 spiro atoms. The Balaban J connectivity index is 0.992. The number of hydrogen-bond donors (Lipinski definition) is 2. The molecule has 6 bridgehead atoms. The van der Waals surface area contributed by atoms with Crippen LogP contribution in [0.25, 0.3) is 33.4 Å². The summed E-state index contributed by atoms with van der Waals surface area (Å²) in [4.78, 5) is 67.3. The number of morpholine rings is 1. The van der Waals surface area contributed by atoms with Crippen LogP contribution in [0.3, 0.4) is 0 Å². The highest BCUT2D eigenvalue weighted by Gasteiger charge is 2.55. The number of piperazine rings is 1. The van der Waals surface area contributed by atoms with Crippen LogP contribution in [0.5, 0.6) is 0 Å². The Morgan fingerprint density at radius 2 is 1.73 bits per heavy atom. The second-order valence-corrected chi connectivity index (χ2v) is 24.6. The number of methoxy groups -OCH3 is 1. The Hall–Kier alpha value is -5.38. The molecule has 2 N–H and O–H groups in total. The van der Waals surface area contributed by atoms with Crippen LogP contribution in [-0.2, 0) is 51.0 Å². The topological polar surface area (TPSA) is 178 Å². The number of nitrogens with zero attached hydrogens (tertiary/aromatic N) is 8. The molecule has 5 aromatic rings. The Kier molecular flexibility index (Phi) is 15.9. The number of amides is 2. The lowest BCUT2D eigenvalue weighted by molar-refractivity contribution is -0.156. The molecule has 422 valence electrons. The first-order valence-corrected chi connectivity index (χ1v) is 29.9. The van der Waals surface area contributed by atoms with Crippen molar-refractivity contribution in [2.45, 2.75) is 121 Å². The van der Waals surface area contributed by atoms with Crippen molar-refractivity contribution in [1.82, 2.24) is 45.1 Å². The van der Waals surface area contributed by atoms with Gasteiger partial charge in [0.05, 0.1) is 73.6 Å². The van der Waals surface area contributed by atoms with Gasteiger partial charge in [-0.25, -0.2) is 10.4 Å². The minimum absolute atomic E-state index is 0.0340. The summed E-state index contributed by atoms with van der Waals surface area (Å²) in [6, 6.07) is 13.0. The number of carbonyl (C=O) groups is 3. The zero-order valence-electron chi connectivity index (χ0n) is 46.6. The molecule has 6 fully saturated rings. The van der Waals surface area contributed by atoms with Crippen LogP contribution in [0.15, 0.2) is 60.2 Å². The van der Waals surface area contributed by atoms with Gasteiger partial charge in [-0.15, -0.1) is 11.3 Å². The summed E-state index contributed by atoms with van der Waals surface area (Å²) in [6.45, 7) is 17.3. The number of anilines is 1. The SMILES string of the molecule is CO[C@@H](C)c1ncc(N2CCN(C3CC3)CC2)cc1-c1c2c3cc(ccc3n1CCOC1CCOCC1)-c1csc(n1)[C@@H](N1CCOCC1)[C@H](NC(=O)[C@@H]1[C@@H](C)[C@H]1c1ccccn1)C(=O)N1CCC[C@H](N1)C(=O)OCC(C)(C)C2. The van der Waals surface area contributed by atoms with Crippen LogP contribution in [0.4, 0.5) is 5.69 Å². The maximum absolute atomic E-state index is 15.4. The number of nitrogens with one attached hydrogen (secondary N) is 2. The molecule has 12 rings (SSSR count). The number of benzene rings is 1. The zero-order valence-corrected chi connectivity index (χ0v) is 47.4. The van der Waals surface area contributed by atoms with Gasteiger partial charge < -0.3 is 38.5 Å². The summed E-state index contributed by atoms with van der Waals surface area (Å²) < 4.78 is 33.2. The van der Waals surface area contributed by atoms with Crippen molar-refractivity contribution in [3.8, 4) is 22.5 Å². The number of hydrogen-bond acceptors (Lipinski definition) is 16. The van der Waals surface area contributed by atoms with Crippen molar-refractivity contribution in [2.75, 3.05) is 97.5 Å². The van der Waals surface area contributed by atoms with Crippen molar-refractivity contribution < 1.29 is 38.1 Å². The lowest BCUT2D eigenvalue weighted by Crippen LogP contribution is -2.63. The lowest BCUT2D eigenvalue weighted by atomic mass is 9.84. The standard InChI is InChI=1S/C60H78N10O8S/c1-37-50(46-9-6-7-17-61-46)51(37)56(71)64-53-55(68-23-28-76-29-24-68)57-63-48(35-79-57)39-11-14-49-43(31-39)45(33-60(3,4)36-78-59(73)47-10-8-18-70(65-47)58(53)72)54(69(49)25-30-77-42-15-26-75-27-16-42)44-32-41(34-62-52(44)38(2)74-5)67-21-19-66(20-22-67)40-12-13-40/h6-7,9,11,14,17,31-32,34-35,37-38,40,42,47,50-51,53,55,65H,8,10,12-13,15-16,18-30,33,36H2,1-5H3,(H,64,71)/t37-,38-,47-,50-,51+,53-,55-/m0/s1. The fraction of sp³-hybridized carbons (Fsp3) is 0.600. The Morgan fingerprint density at radius 1 is 0.937 bits per heavy atom. The van der Waals surface area contributed by atoms with E-state index in [-0.39, 0.29) is 48.4 Å². The third kappa shape index (κ3) is 11.5. The number of rotatable bonds is 13. The van der Waals surface area contributed by atoms with Gasteiger partial charge in [0.1, 0.15) is 17.1 Å². The van der Waals surface area contributed by atoms with Crippen LogP contribution in [-0.4, -0.2) is 169 Å². The Bertz CT molecular complexity index is 2980. The van der Waals surface area contributed by atoms with E-state index < -0.39 is 29.5 Å². The predicted octanol–water partition coefficient (Wildman–Crippen LogP) is 6.94. The van der Waals surface area contributed by atoms with Gasteiger partial charge in [0.2, 0.25) is 5.91 Å². The van der Waals surface area contributed by atoms with Crippen LogP contribution < -0.4 is 15.6 Å². The van der Waals surface area contributed by atoms with Gasteiger partial charge in [-0.05, 0) is 93.7 Å². The molecule has 9 heterocycles. The molecular formula is C60H78N10O8S. The molecule has 79 heavy (non-hydrogen) atoms. The van der Waals surface area contributed by atoms with Crippen molar-refractivity contribution in [3.63, 3.8) is 0 Å². The van der Waals surface area contributed by atoms with Crippen molar-refractivity contribution in [3.05, 3.63) is 82.2 Å². The molecule has 4 aromatic heterocycles. The molecule has 5 aliphatic heterocycles. The number of carbonyl (C=O) groups excluding carboxylic acids is 3. The first-order valence-electron chi connectivity index (χ1n) is 29.0. The predicted molar refractivity (Wildman–Crippen MR) is 301 cm³/mol. The van der Waals surface area contributed by atoms with E-state index in [1.54, 1.807) is 13.3 Å². The van der Waals surface area contributed by atoms with Crippen molar-refractivity contribution in [1.29, 1.82) is 0 Å². The summed E-state index contributed by atoms with van der Waals surface area (Å²) >= 11 is 1.50. The number of ether oxygens (including phenoxy) is 5. The van der Waals surface area contributed by atoms with Gasteiger partial charge in [0.15, 0.2) is 0 Å². The summed E-state index contributed by atoms with van der Waals surface area (Å²) in [7, 11) is 1.74. The number of cyclic esters (lactones) is 1. The molecule has 0 radical (unpaired) electrons. The average Bonchev–Trinajstić information content (AvgIpc) is 4.53. The fourth-order valence-electron chi connectivity index (χ4n) is 13.0. The third-order valence-electron chi connectivity index (χ3n) is 17.7.